The van der Waals surface area contributed by atoms with Gasteiger partial charge in [-0.1, -0.05) is 48.5 Å². The lowest BCUT2D eigenvalue weighted by Gasteiger charge is -2.24. The average Bonchev–Trinajstić information content (AvgIpc) is 3.10. The van der Waals surface area contributed by atoms with E-state index in [1.807, 2.05) is 56.6 Å². The van der Waals surface area contributed by atoms with Crippen molar-refractivity contribution >= 4 is 6.03 Å². The molecule has 144 valence electrons. The summed E-state index contributed by atoms with van der Waals surface area (Å²) < 4.78 is 14.0. The summed E-state index contributed by atoms with van der Waals surface area (Å²) in [5, 5.41) is 6.17. The molecule has 1 aliphatic rings. The van der Waals surface area contributed by atoms with Gasteiger partial charge in [-0.15, -0.1) is 0 Å². The zero-order valence-corrected chi connectivity index (χ0v) is 16.0. The molecule has 0 spiro atoms. The molecular formula is C22H28FN3O. The summed E-state index contributed by atoms with van der Waals surface area (Å²) in [6.45, 7) is 0.722. The third kappa shape index (κ3) is 5.30. The molecule has 3 rings (SSSR count). The number of hydrogen-bond donors (Lipinski definition) is 2. The Labute approximate surface area is 160 Å². The first kappa shape index (κ1) is 19.4. The van der Waals surface area contributed by atoms with Crippen LogP contribution in [0.4, 0.5) is 9.18 Å². The molecule has 0 aromatic heterocycles. The van der Waals surface area contributed by atoms with Crippen LogP contribution in [-0.4, -0.2) is 37.6 Å². The average molecular weight is 369 g/mol. The minimum atomic E-state index is -0.162. The van der Waals surface area contributed by atoms with Crippen molar-refractivity contribution in [3.05, 3.63) is 71.5 Å². The highest BCUT2D eigenvalue weighted by molar-refractivity contribution is 5.75. The van der Waals surface area contributed by atoms with Crippen molar-refractivity contribution in [2.24, 2.45) is 0 Å². The van der Waals surface area contributed by atoms with Crippen molar-refractivity contribution in [1.82, 2.24) is 15.5 Å². The van der Waals surface area contributed by atoms with E-state index < -0.39 is 0 Å². The molecule has 4 nitrogen and oxygen atoms in total. The SMILES string of the molecule is CN(C)C[C@@H](NC(=O)NC1CCC(c2ccccc2F)C1)c1ccccc1. The summed E-state index contributed by atoms with van der Waals surface area (Å²) in [4.78, 5) is 14.6. The molecule has 3 atom stereocenters. The number of carbonyl (C=O) groups is 1. The molecule has 2 aromatic carbocycles. The van der Waals surface area contributed by atoms with Gasteiger partial charge >= 0.3 is 6.03 Å². The Morgan fingerprint density at radius 1 is 1.11 bits per heavy atom. The lowest BCUT2D eigenvalue weighted by atomic mass is 9.97. The van der Waals surface area contributed by atoms with E-state index in [0.717, 1.165) is 36.9 Å². The third-order valence-electron chi connectivity index (χ3n) is 5.17. The van der Waals surface area contributed by atoms with Crippen molar-refractivity contribution in [3.63, 3.8) is 0 Å². The van der Waals surface area contributed by atoms with Gasteiger partial charge in [-0.25, -0.2) is 9.18 Å². The van der Waals surface area contributed by atoms with Crippen LogP contribution in [0.15, 0.2) is 54.6 Å². The summed E-state index contributed by atoms with van der Waals surface area (Å²) in [5.41, 5.74) is 1.84. The number of carbonyl (C=O) groups excluding carboxylic acids is 1. The molecule has 0 heterocycles. The normalized spacial score (nSPS) is 20.4. The molecule has 5 heteroatoms. The topological polar surface area (TPSA) is 44.4 Å². The van der Waals surface area contributed by atoms with E-state index in [2.05, 4.69) is 15.5 Å². The van der Waals surface area contributed by atoms with Gasteiger partial charge < -0.3 is 15.5 Å². The molecule has 1 fully saturated rings. The maximum Gasteiger partial charge on any atom is 0.315 e. The van der Waals surface area contributed by atoms with E-state index in [9.17, 15) is 9.18 Å². The standard InChI is InChI=1S/C22H28FN3O/c1-26(2)15-21(16-8-4-3-5-9-16)25-22(27)24-18-13-12-17(14-18)19-10-6-7-11-20(19)23/h3-11,17-18,21H,12-15H2,1-2H3,(H2,24,25,27)/t17?,18?,21-/m1/s1. The van der Waals surface area contributed by atoms with Gasteiger partial charge in [-0.05, 0) is 56.5 Å². The molecule has 2 amide bonds. The molecule has 0 radical (unpaired) electrons. The first-order valence-corrected chi connectivity index (χ1v) is 9.54. The van der Waals surface area contributed by atoms with Crippen LogP contribution < -0.4 is 10.6 Å². The monoisotopic (exact) mass is 369 g/mol. The van der Waals surface area contributed by atoms with E-state index in [4.69, 9.17) is 0 Å². The van der Waals surface area contributed by atoms with E-state index in [1.54, 1.807) is 6.07 Å². The van der Waals surface area contributed by atoms with Gasteiger partial charge in [-0.2, -0.15) is 0 Å². The Hall–Kier alpha value is -2.40. The fourth-order valence-corrected chi connectivity index (χ4v) is 3.87. The first-order chi connectivity index (χ1) is 13.0. The molecule has 0 bridgehead atoms. The van der Waals surface area contributed by atoms with Crippen LogP contribution in [0.2, 0.25) is 0 Å². The van der Waals surface area contributed by atoms with Gasteiger partial charge in [0.05, 0.1) is 6.04 Å². The summed E-state index contributed by atoms with van der Waals surface area (Å²) in [6, 6.07) is 16.8. The molecule has 1 aliphatic carbocycles. The molecule has 2 N–H and O–H groups in total. The fourth-order valence-electron chi connectivity index (χ4n) is 3.87. The van der Waals surface area contributed by atoms with E-state index >= 15 is 0 Å². The number of nitrogens with one attached hydrogen (secondary N) is 2. The molecule has 27 heavy (non-hydrogen) atoms. The Morgan fingerprint density at radius 3 is 2.52 bits per heavy atom. The zero-order chi connectivity index (χ0) is 19.2. The smallest absolute Gasteiger partial charge is 0.315 e. The largest absolute Gasteiger partial charge is 0.335 e. The summed E-state index contributed by atoms with van der Waals surface area (Å²) in [6.07, 6.45) is 2.54. The van der Waals surface area contributed by atoms with Crippen LogP contribution in [0.25, 0.3) is 0 Å². The van der Waals surface area contributed by atoms with E-state index in [1.165, 1.54) is 6.07 Å². The van der Waals surface area contributed by atoms with E-state index in [0.29, 0.717) is 0 Å². The lowest BCUT2D eigenvalue weighted by molar-refractivity contribution is 0.229. The second kappa shape index (κ2) is 9.00. The van der Waals surface area contributed by atoms with Crippen LogP contribution in [0.5, 0.6) is 0 Å². The van der Waals surface area contributed by atoms with Gasteiger partial charge in [0.1, 0.15) is 5.82 Å². The Balaban J connectivity index is 1.57. The maximum absolute atomic E-state index is 14.0. The van der Waals surface area contributed by atoms with Crippen LogP contribution in [0.3, 0.4) is 0 Å². The molecule has 0 aliphatic heterocycles. The van der Waals surface area contributed by atoms with Gasteiger partial charge in [0.25, 0.3) is 0 Å². The molecule has 0 saturated heterocycles. The lowest BCUT2D eigenvalue weighted by Crippen LogP contribution is -2.44. The second-order valence-electron chi connectivity index (χ2n) is 7.57. The highest BCUT2D eigenvalue weighted by Gasteiger charge is 2.29. The fraction of sp³-hybridized carbons (Fsp3) is 0.409. The van der Waals surface area contributed by atoms with Gasteiger partial charge in [0, 0.05) is 12.6 Å². The van der Waals surface area contributed by atoms with Crippen LogP contribution >= 0.6 is 0 Å². The highest BCUT2D eigenvalue weighted by atomic mass is 19.1. The minimum Gasteiger partial charge on any atom is -0.335 e. The number of urea groups is 1. The number of nitrogens with zero attached hydrogens (tertiary/aromatic N) is 1. The number of amides is 2. The minimum absolute atomic E-state index is 0.0744. The second-order valence-corrected chi connectivity index (χ2v) is 7.57. The number of hydrogen-bond acceptors (Lipinski definition) is 2. The number of benzene rings is 2. The van der Waals surface area contributed by atoms with Crippen molar-refractivity contribution < 1.29 is 9.18 Å². The number of rotatable bonds is 6. The van der Waals surface area contributed by atoms with Crippen molar-refractivity contribution in [3.8, 4) is 0 Å². The summed E-state index contributed by atoms with van der Waals surface area (Å²) in [7, 11) is 3.98. The van der Waals surface area contributed by atoms with Crippen LogP contribution in [-0.2, 0) is 0 Å². The van der Waals surface area contributed by atoms with E-state index in [-0.39, 0.29) is 29.8 Å². The van der Waals surface area contributed by atoms with Crippen molar-refractivity contribution in [2.45, 2.75) is 37.3 Å². The molecule has 2 aromatic rings. The van der Waals surface area contributed by atoms with Crippen molar-refractivity contribution in [1.29, 1.82) is 0 Å². The molecular weight excluding hydrogens is 341 g/mol. The quantitative estimate of drug-likeness (QED) is 0.806. The van der Waals surface area contributed by atoms with Crippen LogP contribution in [0.1, 0.15) is 42.3 Å². The van der Waals surface area contributed by atoms with Gasteiger partial charge in [0.15, 0.2) is 0 Å². The Kier molecular flexibility index (Phi) is 6.45. The number of likely N-dealkylation sites (N-methyl/N-ethyl adjacent to an activating group) is 1. The predicted molar refractivity (Wildman–Crippen MR) is 106 cm³/mol. The Bertz CT molecular complexity index is 750. The van der Waals surface area contributed by atoms with Gasteiger partial charge in [-0.3, -0.25) is 0 Å². The molecule has 2 unspecified atom stereocenters. The zero-order valence-electron chi connectivity index (χ0n) is 16.0. The summed E-state index contributed by atoms with van der Waals surface area (Å²) in [5.74, 6) is 0.0194. The highest BCUT2D eigenvalue weighted by Crippen LogP contribution is 2.35. The third-order valence-corrected chi connectivity index (χ3v) is 5.17. The first-order valence-electron chi connectivity index (χ1n) is 9.54. The van der Waals surface area contributed by atoms with Gasteiger partial charge in [0.2, 0.25) is 0 Å². The predicted octanol–water partition coefficient (Wildman–Crippen LogP) is 4.06. The Morgan fingerprint density at radius 2 is 1.81 bits per heavy atom. The molecule has 1 saturated carbocycles. The summed E-state index contributed by atoms with van der Waals surface area (Å²) >= 11 is 0. The number of halogens is 1. The van der Waals surface area contributed by atoms with Crippen molar-refractivity contribution in [2.75, 3.05) is 20.6 Å². The van der Waals surface area contributed by atoms with Crippen LogP contribution in [0, 0.1) is 5.82 Å². The maximum atomic E-state index is 14.0.